The Labute approximate surface area is 152 Å². The van der Waals surface area contributed by atoms with Crippen LogP contribution in [0, 0.1) is 0 Å². The van der Waals surface area contributed by atoms with Gasteiger partial charge in [0, 0.05) is 29.6 Å². The van der Waals surface area contributed by atoms with E-state index in [4.69, 9.17) is 22.4 Å². The number of nitrogens with zero attached hydrogens (tertiary/aromatic N) is 1. The molecule has 0 saturated carbocycles. The first-order valence-corrected chi connectivity index (χ1v) is 9.08. The Morgan fingerprint density at radius 1 is 1.35 bits per heavy atom. The first-order chi connectivity index (χ1) is 11.8. The molecular formula is C14H16ClF3N2O5S. The average Bonchev–Trinajstić information content (AvgIpc) is 2.51. The number of benzene rings is 1. The molecule has 0 radical (unpaired) electrons. The van der Waals surface area contributed by atoms with E-state index in [0.29, 0.717) is 6.21 Å². The van der Waals surface area contributed by atoms with E-state index in [1.807, 2.05) is 0 Å². The number of aliphatic hydroxyl groups is 1. The molecule has 0 fully saturated rings. The summed E-state index contributed by atoms with van der Waals surface area (Å²) in [7, 11) is -4.40. The molecule has 2 atom stereocenters. The molecule has 0 heterocycles. The van der Waals surface area contributed by atoms with Crippen molar-refractivity contribution in [2.24, 2.45) is 10.1 Å². The molecule has 7 nitrogen and oxygen atoms in total. The lowest BCUT2D eigenvalue weighted by atomic mass is 9.90. The van der Waals surface area contributed by atoms with Gasteiger partial charge in [-0.3, -0.25) is 4.79 Å². The lowest BCUT2D eigenvalue weighted by Crippen LogP contribution is -2.43. The van der Waals surface area contributed by atoms with Gasteiger partial charge in [0.25, 0.3) is 10.0 Å². The Bertz CT molecular complexity index is 785. The van der Waals surface area contributed by atoms with E-state index < -0.39 is 58.0 Å². The maximum atomic E-state index is 13.4. The smallest absolute Gasteiger partial charge is 0.421 e. The zero-order chi connectivity index (χ0) is 20.2. The molecule has 0 bridgehead atoms. The first-order valence-electron chi connectivity index (χ1n) is 7.09. The molecule has 1 aromatic carbocycles. The summed E-state index contributed by atoms with van der Waals surface area (Å²) in [4.78, 5) is 10.5. The van der Waals surface area contributed by atoms with Crippen LogP contribution in [0.15, 0.2) is 28.7 Å². The van der Waals surface area contributed by atoms with E-state index in [0.717, 1.165) is 12.1 Å². The molecule has 0 aromatic heterocycles. The molecule has 1 rings (SSSR count). The number of carbonyl (C=O) groups is 1. The van der Waals surface area contributed by atoms with Crippen LogP contribution in [0.5, 0.6) is 0 Å². The van der Waals surface area contributed by atoms with Gasteiger partial charge in [-0.25, -0.2) is 8.42 Å². The molecule has 0 amide bonds. The van der Waals surface area contributed by atoms with Gasteiger partial charge in [-0.15, -0.1) is 0 Å². The third-order valence-electron chi connectivity index (χ3n) is 3.42. The lowest BCUT2D eigenvalue weighted by Gasteiger charge is -2.31. The Kier molecular flexibility index (Phi) is 7.17. The number of halogens is 4. The number of rotatable bonds is 8. The van der Waals surface area contributed by atoms with Crippen molar-refractivity contribution in [3.63, 3.8) is 0 Å². The number of nitrogens with two attached hydrogens (primary N) is 1. The zero-order valence-electron chi connectivity index (χ0n) is 13.1. The quantitative estimate of drug-likeness (QED) is 0.553. The van der Waals surface area contributed by atoms with Crippen molar-refractivity contribution in [3.8, 4) is 0 Å². The van der Waals surface area contributed by atoms with Gasteiger partial charge in [-0.2, -0.15) is 17.6 Å². The predicted molar refractivity (Wildman–Crippen MR) is 88.5 cm³/mol. The van der Waals surface area contributed by atoms with Crippen molar-refractivity contribution < 1.29 is 36.6 Å². The monoisotopic (exact) mass is 416 g/mol. The molecule has 1 unspecified atom stereocenters. The van der Waals surface area contributed by atoms with E-state index in [2.05, 4.69) is 4.40 Å². The topological polar surface area (TPSA) is 130 Å². The average molecular weight is 417 g/mol. The lowest BCUT2D eigenvalue weighted by molar-refractivity contribution is -0.267. The minimum absolute atomic E-state index is 0.374. The van der Waals surface area contributed by atoms with Crippen LogP contribution < -0.4 is 5.73 Å². The van der Waals surface area contributed by atoms with E-state index in [-0.39, 0.29) is 5.02 Å². The summed E-state index contributed by atoms with van der Waals surface area (Å²) in [6, 6.07) is 3.25. The fraction of sp³-hybridized carbons (Fsp3) is 0.429. The first kappa shape index (κ1) is 22.4. The summed E-state index contributed by atoms with van der Waals surface area (Å²) in [6.07, 6.45) is -6.17. The minimum Gasteiger partial charge on any atom is -0.480 e. The minimum atomic E-state index is -5.19. The van der Waals surface area contributed by atoms with Crippen LogP contribution in [0.1, 0.15) is 18.4 Å². The standard InChI is InChI=1S/C14H16ClF3N2O5S/c15-10-4-2-1-3-9(10)13(23,14(16,17)18)6-8-26(24,25)20-7-5-11(19)12(21)22/h1-4,7,11,23H,5-6,8,19H2,(H,21,22)/t11-,13?/m0/s1. The van der Waals surface area contributed by atoms with Gasteiger partial charge in [0.1, 0.15) is 6.04 Å². The van der Waals surface area contributed by atoms with Crippen molar-refractivity contribution in [1.29, 1.82) is 0 Å². The van der Waals surface area contributed by atoms with Gasteiger partial charge in [0.2, 0.25) is 0 Å². The molecule has 0 aliphatic rings. The number of hydrogen-bond acceptors (Lipinski definition) is 5. The zero-order valence-corrected chi connectivity index (χ0v) is 14.7. The van der Waals surface area contributed by atoms with E-state index >= 15 is 0 Å². The van der Waals surface area contributed by atoms with Gasteiger partial charge in [-0.1, -0.05) is 29.8 Å². The molecule has 0 saturated heterocycles. The van der Waals surface area contributed by atoms with Crippen LogP contribution in [-0.2, 0) is 20.4 Å². The second kappa shape index (κ2) is 8.33. The Hall–Kier alpha value is -1.69. The SMILES string of the molecule is N[C@@H](CC=NS(=O)(=O)CCC(O)(c1ccccc1Cl)C(F)(F)F)C(=O)O. The molecule has 0 aliphatic carbocycles. The van der Waals surface area contributed by atoms with Crippen LogP contribution >= 0.6 is 11.6 Å². The second-order valence-electron chi connectivity index (χ2n) is 5.34. The van der Waals surface area contributed by atoms with Crippen molar-refractivity contribution in [2.45, 2.75) is 30.7 Å². The van der Waals surface area contributed by atoms with E-state index in [9.17, 15) is 31.5 Å². The van der Waals surface area contributed by atoms with Gasteiger partial charge >= 0.3 is 12.1 Å². The predicted octanol–water partition coefficient (Wildman–Crippen LogP) is 1.68. The summed E-state index contributed by atoms with van der Waals surface area (Å²) in [5.74, 6) is -2.54. The van der Waals surface area contributed by atoms with Crippen molar-refractivity contribution in [3.05, 3.63) is 34.9 Å². The number of hydrogen-bond donors (Lipinski definition) is 3. The molecule has 0 aliphatic heterocycles. The Morgan fingerprint density at radius 3 is 2.42 bits per heavy atom. The Balaban J connectivity index is 3.00. The molecule has 1 aromatic rings. The van der Waals surface area contributed by atoms with Crippen LogP contribution in [0.25, 0.3) is 0 Å². The molecule has 4 N–H and O–H groups in total. The second-order valence-corrected chi connectivity index (χ2v) is 7.53. The number of carboxylic acids is 1. The van der Waals surface area contributed by atoms with Crippen LogP contribution in [0.4, 0.5) is 13.2 Å². The maximum Gasteiger partial charge on any atom is 0.421 e. The van der Waals surface area contributed by atoms with Gasteiger partial charge in [0.05, 0.1) is 5.75 Å². The summed E-state index contributed by atoms with van der Waals surface area (Å²) < 4.78 is 66.7. The largest absolute Gasteiger partial charge is 0.480 e. The highest BCUT2D eigenvalue weighted by Gasteiger charge is 2.55. The summed E-state index contributed by atoms with van der Waals surface area (Å²) in [5, 5.41) is 18.3. The molecular weight excluding hydrogens is 401 g/mol. The Morgan fingerprint density at radius 2 is 1.92 bits per heavy atom. The van der Waals surface area contributed by atoms with E-state index in [1.54, 1.807) is 0 Å². The highest BCUT2D eigenvalue weighted by atomic mass is 35.5. The van der Waals surface area contributed by atoms with Gasteiger partial charge in [-0.05, 0) is 6.07 Å². The molecule has 26 heavy (non-hydrogen) atoms. The van der Waals surface area contributed by atoms with Crippen molar-refractivity contribution in [2.75, 3.05) is 5.75 Å². The van der Waals surface area contributed by atoms with Crippen molar-refractivity contribution >= 4 is 33.8 Å². The number of aliphatic carboxylic acids is 1. The fourth-order valence-electron chi connectivity index (χ4n) is 1.93. The fourth-order valence-corrected chi connectivity index (χ4v) is 3.19. The van der Waals surface area contributed by atoms with E-state index in [1.165, 1.54) is 12.1 Å². The number of carboxylic acid groups (broad SMARTS) is 1. The van der Waals surface area contributed by atoms with Crippen LogP contribution in [-0.4, -0.2) is 48.8 Å². The highest BCUT2D eigenvalue weighted by Crippen LogP contribution is 2.44. The van der Waals surface area contributed by atoms with Gasteiger partial charge in [0.15, 0.2) is 5.60 Å². The number of alkyl halides is 3. The third kappa shape index (κ3) is 5.66. The molecule has 12 heteroatoms. The third-order valence-corrected chi connectivity index (χ3v) is 4.94. The van der Waals surface area contributed by atoms with Crippen LogP contribution in [0.3, 0.4) is 0 Å². The highest BCUT2D eigenvalue weighted by molar-refractivity contribution is 7.90. The molecule has 146 valence electrons. The number of sulfonamides is 1. The van der Waals surface area contributed by atoms with Gasteiger partial charge < -0.3 is 15.9 Å². The summed E-state index contributed by atoms with van der Waals surface area (Å²) >= 11 is 5.70. The van der Waals surface area contributed by atoms with Crippen molar-refractivity contribution in [1.82, 2.24) is 0 Å². The summed E-state index contributed by atoms with van der Waals surface area (Å²) in [6.45, 7) is 0. The molecule has 0 spiro atoms. The van der Waals surface area contributed by atoms with Crippen LogP contribution in [0.2, 0.25) is 5.02 Å². The normalized spacial score (nSPS) is 16.4. The summed E-state index contributed by atoms with van der Waals surface area (Å²) in [5.41, 5.74) is 0.976. The maximum absolute atomic E-state index is 13.4.